The summed E-state index contributed by atoms with van der Waals surface area (Å²) in [6.45, 7) is 3.66. The van der Waals surface area contributed by atoms with E-state index in [9.17, 15) is 4.39 Å². The van der Waals surface area contributed by atoms with E-state index in [1.807, 2.05) is 4.90 Å². The fourth-order valence-corrected chi connectivity index (χ4v) is 1.90. The van der Waals surface area contributed by atoms with Crippen LogP contribution in [0.1, 0.15) is 13.3 Å². The topological polar surface area (TPSA) is 42.2 Å². The standard InChI is InChI=1S/C11H16FN3/c1-8-4-6-15(7-10(8)13)11-9(12)3-2-5-14-11/h2-3,5,8,10H,4,6-7,13H2,1H3. The first kappa shape index (κ1) is 10.4. The number of nitrogens with two attached hydrogens (primary N) is 1. The van der Waals surface area contributed by atoms with Crippen molar-refractivity contribution in [3.63, 3.8) is 0 Å². The average molecular weight is 209 g/mol. The molecule has 15 heavy (non-hydrogen) atoms. The molecule has 1 aliphatic rings. The van der Waals surface area contributed by atoms with E-state index >= 15 is 0 Å². The smallest absolute Gasteiger partial charge is 0.165 e. The summed E-state index contributed by atoms with van der Waals surface area (Å²) in [7, 11) is 0. The first-order valence-corrected chi connectivity index (χ1v) is 5.29. The molecule has 0 radical (unpaired) electrons. The van der Waals surface area contributed by atoms with Gasteiger partial charge in [0.05, 0.1) is 0 Å². The van der Waals surface area contributed by atoms with Gasteiger partial charge in [0.15, 0.2) is 11.6 Å². The fourth-order valence-electron chi connectivity index (χ4n) is 1.90. The van der Waals surface area contributed by atoms with Gasteiger partial charge >= 0.3 is 0 Å². The van der Waals surface area contributed by atoms with Gasteiger partial charge in [0.2, 0.25) is 0 Å². The number of rotatable bonds is 1. The Balaban J connectivity index is 2.15. The van der Waals surface area contributed by atoms with Crippen molar-refractivity contribution in [2.45, 2.75) is 19.4 Å². The van der Waals surface area contributed by atoms with E-state index < -0.39 is 0 Å². The Bertz CT molecular complexity index is 342. The van der Waals surface area contributed by atoms with Crippen molar-refractivity contribution in [1.82, 2.24) is 4.98 Å². The lowest BCUT2D eigenvalue weighted by molar-refractivity contribution is 0.375. The molecule has 82 valence electrons. The first-order valence-electron chi connectivity index (χ1n) is 5.29. The average Bonchev–Trinajstić information content (AvgIpc) is 2.23. The van der Waals surface area contributed by atoms with Crippen LogP contribution in [0.15, 0.2) is 18.3 Å². The summed E-state index contributed by atoms with van der Waals surface area (Å²) in [5, 5.41) is 0. The molecule has 2 unspecified atom stereocenters. The number of anilines is 1. The highest BCUT2D eigenvalue weighted by Crippen LogP contribution is 2.22. The maximum Gasteiger partial charge on any atom is 0.165 e. The van der Waals surface area contributed by atoms with E-state index in [0.717, 1.165) is 13.0 Å². The Morgan fingerprint density at radius 2 is 2.40 bits per heavy atom. The molecule has 3 nitrogen and oxygen atoms in total. The van der Waals surface area contributed by atoms with Gasteiger partial charge in [-0.1, -0.05) is 6.92 Å². The summed E-state index contributed by atoms with van der Waals surface area (Å²) >= 11 is 0. The molecule has 1 aromatic heterocycles. The van der Waals surface area contributed by atoms with Crippen LogP contribution in [0, 0.1) is 11.7 Å². The molecule has 1 aromatic rings. The van der Waals surface area contributed by atoms with E-state index in [4.69, 9.17) is 5.73 Å². The minimum atomic E-state index is -0.265. The molecule has 1 aliphatic heterocycles. The molecule has 0 spiro atoms. The molecule has 2 atom stereocenters. The highest BCUT2D eigenvalue weighted by atomic mass is 19.1. The Morgan fingerprint density at radius 1 is 1.60 bits per heavy atom. The normalized spacial score (nSPS) is 26.7. The number of halogens is 1. The third kappa shape index (κ3) is 2.09. The van der Waals surface area contributed by atoms with Crippen LogP contribution in [0.5, 0.6) is 0 Å². The van der Waals surface area contributed by atoms with Crippen molar-refractivity contribution >= 4 is 5.82 Å². The van der Waals surface area contributed by atoms with Gasteiger partial charge in [0, 0.05) is 25.3 Å². The maximum atomic E-state index is 13.5. The van der Waals surface area contributed by atoms with Crippen LogP contribution in [-0.2, 0) is 0 Å². The van der Waals surface area contributed by atoms with E-state index in [-0.39, 0.29) is 11.9 Å². The molecule has 0 bridgehead atoms. The van der Waals surface area contributed by atoms with Crippen LogP contribution in [0.3, 0.4) is 0 Å². The Morgan fingerprint density at radius 3 is 3.07 bits per heavy atom. The minimum Gasteiger partial charge on any atom is -0.353 e. The van der Waals surface area contributed by atoms with Gasteiger partial charge in [-0.2, -0.15) is 0 Å². The van der Waals surface area contributed by atoms with Gasteiger partial charge in [-0.25, -0.2) is 9.37 Å². The quantitative estimate of drug-likeness (QED) is 0.760. The van der Waals surface area contributed by atoms with Gasteiger partial charge < -0.3 is 10.6 Å². The molecule has 0 saturated carbocycles. The molecule has 2 N–H and O–H groups in total. The third-order valence-corrected chi connectivity index (χ3v) is 3.06. The number of nitrogens with zero attached hydrogens (tertiary/aromatic N) is 2. The lowest BCUT2D eigenvalue weighted by Gasteiger charge is -2.35. The van der Waals surface area contributed by atoms with Crippen LogP contribution in [0.25, 0.3) is 0 Å². The van der Waals surface area contributed by atoms with Crippen LogP contribution in [0.4, 0.5) is 10.2 Å². The van der Waals surface area contributed by atoms with Crippen molar-refractivity contribution in [1.29, 1.82) is 0 Å². The van der Waals surface area contributed by atoms with E-state index in [0.29, 0.717) is 18.3 Å². The Kier molecular flexibility index (Phi) is 2.86. The van der Waals surface area contributed by atoms with Crippen LogP contribution in [-0.4, -0.2) is 24.1 Å². The van der Waals surface area contributed by atoms with E-state index in [2.05, 4.69) is 11.9 Å². The highest BCUT2D eigenvalue weighted by molar-refractivity contribution is 5.40. The number of hydrogen-bond donors (Lipinski definition) is 1. The lowest BCUT2D eigenvalue weighted by atomic mass is 9.94. The van der Waals surface area contributed by atoms with Crippen molar-refractivity contribution in [2.75, 3.05) is 18.0 Å². The molecule has 2 rings (SSSR count). The van der Waals surface area contributed by atoms with E-state index in [1.54, 1.807) is 12.3 Å². The molecule has 0 aromatic carbocycles. The molecule has 0 aliphatic carbocycles. The Labute approximate surface area is 89.1 Å². The second kappa shape index (κ2) is 4.14. The SMILES string of the molecule is CC1CCN(c2ncccc2F)CC1N. The summed E-state index contributed by atoms with van der Waals surface area (Å²) < 4.78 is 13.5. The lowest BCUT2D eigenvalue weighted by Crippen LogP contribution is -2.48. The summed E-state index contributed by atoms with van der Waals surface area (Å²) in [5.41, 5.74) is 5.96. The summed E-state index contributed by atoms with van der Waals surface area (Å²) in [6.07, 6.45) is 2.61. The third-order valence-electron chi connectivity index (χ3n) is 3.06. The van der Waals surface area contributed by atoms with Gasteiger partial charge in [-0.05, 0) is 24.5 Å². The number of hydrogen-bond acceptors (Lipinski definition) is 3. The van der Waals surface area contributed by atoms with Gasteiger partial charge in [-0.15, -0.1) is 0 Å². The van der Waals surface area contributed by atoms with Crippen molar-refractivity contribution in [3.8, 4) is 0 Å². The van der Waals surface area contributed by atoms with Crippen molar-refractivity contribution in [3.05, 3.63) is 24.1 Å². The first-order chi connectivity index (χ1) is 7.18. The molecular weight excluding hydrogens is 193 g/mol. The predicted octanol–water partition coefficient (Wildman–Crippen LogP) is 1.39. The number of aromatic nitrogens is 1. The van der Waals surface area contributed by atoms with Crippen LogP contribution in [0.2, 0.25) is 0 Å². The molecule has 0 amide bonds. The molecule has 2 heterocycles. The van der Waals surface area contributed by atoms with E-state index in [1.165, 1.54) is 6.07 Å². The predicted molar refractivity (Wildman–Crippen MR) is 58.2 cm³/mol. The Hall–Kier alpha value is -1.16. The largest absolute Gasteiger partial charge is 0.353 e. The monoisotopic (exact) mass is 209 g/mol. The second-order valence-corrected chi connectivity index (χ2v) is 4.18. The molecule has 1 fully saturated rings. The zero-order valence-electron chi connectivity index (χ0n) is 8.86. The zero-order chi connectivity index (χ0) is 10.8. The van der Waals surface area contributed by atoms with Crippen LogP contribution < -0.4 is 10.6 Å². The van der Waals surface area contributed by atoms with Gasteiger partial charge in [0.1, 0.15) is 0 Å². The summed E-state index contributed by atoms with van der Waals surface area (Å²) in [4.78, 5) is 5.99. The minimum absolute atomic E-state index is 0.111. The fraction of sp³-hybridized carbons (Fsp3) is 0.545. The van der Waals surface area contributed by atoms with Gasteiger partial charge in [-0.3, -0.25) is 0 Å². The number of piperidine rings is 1. The molecule has 4 heteroatoms. The van der Waals surface area contributed by atoms with Crippen molar-refractivity contribution < 1.29 is 4.39 Å². The summed E-state index contributed by atoms with van der Waals surface area (Å²) in [6, 6.07) is 3.15. The summed E-state index contributed by atoms with van der Waals surface area (Å²) in [5.74, 6) is 0.673. The number of pyridine rings is 1. The highest BCUT2D eigenvalue weighted by Gasteiger charge is 2.25. The second-order valence-electron chi connectivity index (χ2n) is 4.18. The molecular formula is C11H16FN3. The zero-order valence-corrected chi connectivity index (χ0v) is 8.86. The van der Waals surface area contributed by atoms with Gasteiger partial charge in [0.25, 0.3) is 0 Å². The van der Waals surface area contributed by atoms with Crippen molar-refractivity contribution in [2.24, 2.45) is 11.7 Å². The maximum absolute atomic E-state index is 13.5. The van der Waals surface area contributed by atoms with Crippen LogP contribution >= 0.6 is 0 Å². The molecule has 1 saturated heterocycles.